The predicted molar refractivity (Wildman–Crippen MR) is 121 cm³/mol. The molecule has 3 aromatic rings. The SMILES string of the molecule is COc1ccc(-c2cnc3nc2NCCCCN(C)S(=O)(=O)c2cccc(c2)N3)cc1. The smallest absolute Gasteiger partial charge is 0.242 e. The topological polar surface area (TPSA) is 96.5 Å². The molecule has 0 saturated carbocycles. The second-order valence-corrected chi connectivity index (χ2v) is 9.34. The highest BCUT2D eigenvalue weighted by atomic mass is 32.2. The molecule has 8 nitrogen and oxygen atoms in total. The molecule has 4 rings (SSSR count). The van der Waals surface area contributed by atoms with Crippen LogP contribution in [-0.2, 0) is 10.0 Å². The molecule has 31 heavy (non-hydrogen) atoms. The minimum Gasteiger partial charge on any atom is -0.497 e. The van der Waals surface area contributed by atoms with Crippen LogP contribution in [0.3, 0.4) is 0 Å². The fourth-order valence-electron chi connectivity index (χ4n) is 3.39. The first kappa shape index (κ1) is 21.1. The van der Waals surface area contributed by atoms with Crippen molar-refractivity contribution in [2.24, 2.45) is 0 Å². The van der Waals surface area contributed by atoms with E-state index in [4.69, 9.17) is 4.74 Å². The van der Waals surface area contributed by atoms with Crippen molar-refractivity contribution in [3.05, 3.63) is 54.7 Å². The van der Waals surface area contributed by atoms with Gasteiger partial charge in [0.1, 0.15) is 11.6 Å². The van der Waals surface area contributed by atoms with Gasteiger partial charge in [0.05, 0.1) is 12.0 Å². The van der Waals surface area contributed by atoms with Gasteiger partial charge in [0.25, 0.3) is 0 Å². The second-order valence-electron chi connectivity index (χ2n) is 7.30. The van der Waals surface area contributed by atoms with Crippen molar-refractivity contribution in [3.8, 4) is 16.9 Å². The summed E-state index contributed by atoms with van der Waals surface area (Å²) in [5.41, 5.74) is 2.47. The Bertz CT molecular complexity index is 1170. The lowest BCUT2D eigenvalue weighted by Gasteiger charge is -2.19. The number of benzene rings is 2. The maximum atomic E-state index is 12.8. The molecule has 2 N–H and O–H groups in total. The highest BCUT2D eigenvalue weighted by molar-refractivity contribution is 7.89. The molecular weight excluding hydrogens is 414 g/mol. The lowest BCUT2D eigenvalue weighted by molar-refractivity contribution is 0.415. The van der Waals surface area contributed by atoms with Gasteiger partial charge in [-0.3, -0.25) is 0 Å². The van der Waals surface area contributed by atoms with Crippen LogP contribution in [0, 0.1) is 0 Å². The number of sulfonamides is 1. The van der Waals surface area contributed by atoms with Crippen molar-refractivity contribution >= 4 is 27.5 Å². The van der Waals surface area contributed by atoms with Crippen LogP contribution >= 0.6 is 0 Å². The summed E-state index contributed by atoms with van der Waals surface area (Å²) in [4.78, 5) is 9.35. The molecule has 1 aromatic heterocycles. The Morgan fingerprint density at radius 2 is 1.90 bits per heavy atom. The van der Waals surface area contributed by atoms with Crippen LogP contribution in [0.1, 0.15) is 12.8 Å². The number of nitrogens with zero attached hydrogens (tertiary/aromatic N) is 3. The number of aromatic nitrogens is 2. The largest absolute Gasteiger partial charge is 0.497 e. The molecule has 0 aliphatic carbocycles. The maximum absolute atomic E-state index is 12.8. The summed E-state index contributed by atoms with van der Waals surface area (Å²) in [5, 5.41) is 6.51. The van der Waals surface area contributed by atoms with Gasteiger partial charge in [-0.05, 0) is 48.7 Å². The summed E-state index contributed by atoms with van der Waals surface area (Å²) in [6.07, 6.45) is 3.30. The van der Waals surface area contributed by atoms with Crippen LogP contribution < -0.4 is 15.4 Å². The van der Waals surface area contributed by atoms with Crippen molar-refractivity contribution in [2.45, 2.75) is 17.7 Å². The molecule has 0 unspecified atom stereocenters. The third-order valence-corrected chi connectivity index (χ3v) is 7.03. The molecule has 4 bridgehead atoms. The van der Waals surface area contributed by atoms with E-state index < -0.39 is 10.0 Å². The molecule has 0 radical (unpaired) electrons. The molecular formula is C22H25N5O3S. The number of nitrogens with one attached hydrogen (secondary N) is 2. The van der Waals surface area contributed by atoms with Gasteiger partial charge in [-0.15, -0.1) is 0 Å². The molecule has 0 atom stereocenters. The zero-order chi connectivity index (χ0) is 21.8. The van der Waals surface area contributed by atoms with Crippen LogP contribution in [-0.4, -0.2) is 49.9 Å². The van der Waals surface area contributed by atoms with Crippen molar-refractivity contribution < 1.29 is 13.2 Å². The third-order valence-electron chi connectivity index (χ3n) is 5.18. The Morgan fingerprint density at radius 3 is 2.68 bits per heavy atom. The van der Waals surface area contributed by atoms with Gasteiger partial charge in [-0.25, -0.2) is 17.7 Å². The van der Waals surface area contributed by atoms with Crippen molar-refractivity contribution in [1.82, 2.24) is 14.3 Å². The summed E-state index contributed by atoms with van der Waals surface area (Å²) in [5.74, 6) is 1.89. The first-order valence-corrected chi connectivity index (χ1v) is 11.5. The highest BCUT2D eigenvalue weighted by Gasteiger charge is 2.21. The van der Waals surface area contributed by atoms with Gasteiger partial charge in [0.2, 0.25) is 16.0 Å². The Morgan fingerprint density at radius 1 is 1.10 bits per heavy atom. The Balaban J connectivity index is 1.72. The Labute approximate surface area is 182 Å². The Hall–Kier alpha value is -3.17. The lowest BCUT2D eigenvalue weighted by atomic mass is 10.1. The van der Waals surface area contributed by atoms with Crippen LogP contribution in [0.4, 0.5) is 17.5 Å². The zero-order valence-corrected chi connectivity index (χ0v) is 18.3. The number of hydrogen-bond donors (Lipinski definition) is 2. The lowest BCUT2D eigenvalue weighted by Crippen LogP contribution is -2.28. The van der Waals surface area contributed by atoms with Crippen LogP contribution in [0.25, 0.3) is 11.1 Å². The van der Waals surface area contributed by atoms with E-state index in [0.717, 1.165) is 35.5 Å². The van der Waals surface area contributed by atoms with Gasteiger partial charge >= 0.3 is 0 Å². The quantitative estimate of drug-likeness (QED) is 0.628. The molecule has 1 aliphatic rings. The van der Waals surface area contributed by atoms with E-state index in [2.05, 4.69) is 20.6 Å². The number of rotatable bonds is 2. The summed E-state index contributed by atoms with van der Waals surface area (Å²) in [6.45, 7) is 1.11. The fraction of sp³-hybridized carbons (Fsp3) is 0.273. The molecule has 0 spiro atoms. The molecule has 2 aromatic carbocycles. The van der Waals surface area contributed by atoms with E-state index in [9.17, 15) is 8.42 Å². The normalized spacial score (nSPS) is 16.5. The average molecular weight is 440 g/mol. The van der Waals surface area contributed by atoms with E-state index in [1.807, 2.05) is 24.3 Å². The van der Waals surface area contributed by atoms with E-state index in [1.165, 1.54) is 4.31 Å². The maximum Gasteiger partial charge on any atom is 0.242 e. The summed E-state index contributed by atoms with van der Waals surface area (Å²) < 4.78 is 32.3. The highest BCUT2D eigenvalue weighted by Crippen LogP contribution is 2.29. The van der Waals surface area contributed by atoms with E-state index in [-0.39, 0.29) is 4.90 Å². The van der Waals surface area contributed by atoms with Crippen molar-refractivity contribution in [2.75, 3.05) is 37.9 Å². The molecule has 162 valence electrons. The van der Waals surface area contributed by atoms with Gasteiger partial charge in [-0.1, -0.05) is 18.2 Å². The molecule has 0 amide bonds. The van der Waals surface area contributed by atoms with Crippen molar-refractivity contribution in [3.63, 3.8) is 0 Å². The van der Waals surface area contributed by atoms with Gasteiger partial charge in [0, 0.05) is 37.6 Å². The van der Waals surface area contributed by atoms with E-state index in [1.54, 1.807) is 44.6 Å². The van der Waals surface area contributed by atoms with Crippen molar-refractivity contribution in [1.29, 1.82) is 0 Å². The Kier molecular flexibility index (Phi) is 6.06. The van der Waals surface area contributed by atoms with E-state index in [0.29, 0.717) is 24.7 Å². The second kappa shape index (κ2) is 8.91. The number of anilines is 3. The number of methoxy groups -OCH3 is 1. The zero-order valence-electron chi connectivity index (χ0n) is 17.5. The summed E-state index contributed by atoms with van der Waals surface area (Å²) >= 11 is 0. The predicted octanol–water partition coefficient (Wildman–Crippen LogP) is 3.72. The summed E-state index contributed by atoms with van der Waals surface area (Å²) in [6, 6.07) is 14.4. The van der Waals surface area contributed by atoms with Gasteiger partial charge in [0.15, 0.2) is 0 Å². The first-order valence-electron chi connectivity index (χ1n) is 10.1. The number of fused-ring (bicyclic) bond motifs is 4. The molecule has 1 aliphatic heterocycles. The van der Waals surface area contributed by atoms with Crippen LogP contribution in [0.2, 0.25) is 0 Å². The molecule has 9 heteroatoms. The monoisotopic (exact) mass is 439 g/mol. The minimum atomic E-state index is -3.55. The standard InChI is InChI=1S/C22H25N5O3S/c1-27-13-4-3-12-23-21-20(16-8-10-18(30-2)11-9-16)15-24-22(26-21)25-17-6-5-7-19(14-17)31(27,28)29/h5-11,14-15H,3-4,12-13H2,1-2H3,(H2,23,24,25,26). The average Bonchev–Trinajstić information content (AvgIpc) is 2.78. The third kappa shape index (κ3) is 4.62. The van der Waals surface area contributed by atoms with Crippen LogP contribution in [0.15, 0.2) is 59.6 Å². The summed E-state index contributed by atoms with van der Waals surface area (Å²) in [7, 11) is -0.295. The minimum absolute atomic E-state index is 0.241. The molecule has 0 saturated heterocycles. The molecule has 0 fully saturated rings. The fourth-order valence-corrected chi connectivity index (χ4v) is 4.64. The first-order chi connectivity index (χ1) is 15.0. The van der Waals surface area contributed by atoms with Gasteiger partial charge in [-0.2, -0.15) is 4.98 Å². The van der Waals surface area contributed by atoms with E-state index >= 15 is 0 Å². The van der Waals surface area contributed by atoms with Crippen LogP contribution in [0.5, 0.6) is 5.75 Å². The number of hydrogen-bond acceptors (Lipinski definition) is 7. The molecule has 2 heterocycles. The number of ether oxygens (including phenoxy) is 1. The van der Waals surface area contributed by atoms with Gasteiger partial charge < -0.3 is 15.4 Å².